The molecule has 3 nitrogen and oxygen atoms in total. The first-order valence-corrected chi connectivity index (χ1v) is 19.1. The van der Waals surface area contributed by atoms with Crippen molar-refractivity contribution in [3.63, 3.8) is 0 Å². The van der Waals surface area contributed by atoms with Gasteiger partial charge in [0, 0.05) is 31.8 Å². The van der Waals surface area contributed by atoms with Gasteiger partial charge >= 0.3 is 0 Å². The Bertz CT molecular complexity index is 1600. The summed E-state index contributed by atoms with van der Waals surface area (Å²) in [5, 5.41) is 6.91. The molecule has 204 valence electrons. The van der Waals surface area contributed by atoms with Crippen LogP contribution in [0.3, 0.4) is 0 Å². The third-order valence-corrected chi connectivity index (χ3v) is 19.8. The predicted molar refractivity (Wildman–Crippen MR) is 184 cm³/mol. The number of benzene rings is 6. The number of rotatable bonds is 6. The molecule has 0 spiro atoms. The third kappa shape index (κ3) is 4.59. The molecule has 0 saturated heterocycles. The lowest BCUT2D eigenvalue weighted by atomic mass is 10.4. The van der Waals surface area contributed by atoms with E-state index in [4.69, 9.17) is 13.5 Å². The van der Waals surface area contributed by atoms with Gasteiger partial charge in [0.15, 0.2) is 0 Å². The molecule has 0 bridgehead atoms. The molecule has 0 radical (unpaired) electrons. The first-order valence-electron chi connectivity index (χ1n) is 14.0. The lowest BCUT2D eigenvalue weighted by Gasteiger charge is -2.38. The molecule has 0 atom stereocenters. The summed E-state index contributed by atoms with van der Waals surface area (Å²) in [6, 6.07) is 64.5. The zero-order valence-electron chi connectivity index (χ0n) is 23.0. The molecule has 6 heteroatoms. The minimum absolute atomic E-state index is 1.15. The maximum Gasteiger partial charge on any atom is 0.138 e. The highest BCUT2D eigenvalue weighted by molar-refractivity contribution is 8.00. The van der Waals surface area contributed by atoms with Gasteiger partial charge in [-0.2, -0.15) is 0 Å². The lowest BCUT2D eigenvalue weighted by molar-refractivity contribution is 1.61. The first kappa shape index (κ1) is 26.9. The SMILES string of the molecule is c1ccc(P2(c3ccccc3)=NP(c3ccccc3)(c3ccccc3)=NP(c3ccccc3)(c3ccccc3)=N2)cc1. The Morgan fingerprint density at radius 2 is 0.357 bits per heavy atom. The molecule has 42 heavy (non-hydrogen) atoms. The van der Waals surface area contributed by atoms with E-state index in [1.165, 1.54) is 0 Å². The number of hydrogen-bond donors (Lipinski definition) is 0. The van der Waals surface area contributed by atoms with Crippen LogP contribution in [0.2, 0.25) is 0 Å². The number of nitrogens with zero attached hydrogens (tertiary/aromatic N) is 3. The van der Waals surface area contributed by atoms with E-state index in [0.29, 0.717) is 0 Å². The molecule has 6 aromatic carbocycles. The van der Waals surface area contributed by atoms with Gasteiger partial charge < -0.3 is 0 Å². The minimum Gasteiger partial charge on any atom is -0.223 e. The summed E-state index contributed by atoms with van der Waals surface area (Å²) < 4.78 is 18.3. The van der Waals surface area contributed by atoms with Crippen molar-refractivity contribution in [3.05, 3.63) is 182 Å². The Balaban J connectivity index is 1.80. The Hall–Kier alpha value is -3.99. The van der Waals surface area contributed by atoms with Crippen LogP contribution in [-0.2, 0) is 0 Å². The molecule has 0 fully saturated rings. The minimum atomic E-state index is -2.74. The Kier molecular flexibility index (Phi) is 7.27. The van der Waals surface area contributed by atoms with Gasteiger partial charge in [0.05, 0.1) is 0 Å². The fourth-order valence-corrected chi connectivity index (χ4v) is 20.8. The Morgan fingerprint density at radius 3 is 0.500 bits per heavy atom. The highest BCUT2D eigenvalue weighted by atomic mass is 31.3. The van der Waals surface area contributed by atoms with Crippen LogP contribution in [0.1, 0.15) is 0 Å². The van der Waals surface area contributed by atoms with E-state index >= 15 is 0 Å². The highest BCUT2D eigenvalue weighted by Gasteiger charge is 2.42. The second kappa shape index (κ2) is 11.4. The van der Waals surface area contributed by atoms with Crippen molar-refractivity contribution < 1.29 is 0 Å². The average Bonchev–Trinajstić information content (AvgIpc) is 3.10. The van der Waals surface area contributed by atoms with Crippen LogP contribution in [0, 0.1) is 0 Å². The Labute approximate surface area is 248 Å². The first-order chi connectivity index (χ1) is 20.8. The molecular formula is C36H30N3P3. The smallest absolute Gasteiger partial charge is 0.138 e. The fourth-order valence-electron chi connectivity index (χ4n) is 5.50. The molecule has 0 N–H and O–H groups in total. The van der Waals surface area contributed by atoms with Crippen LogP contribution in [-0.4, -0.2) is 0 Å². The van der Waals surface area contributed by atoms with Crippen molar-refractivity contribution in [2.75, 3.05) is 0 Å². The zero-order valence-corrected chi connectivity index (χ0v) is 25.7. The molecule has 0 aliphatic carbocycles. The van der Waals surface area contributed by atoms with Gasteiger partial charge in [0.25, 0.3) is 0 Å². The Morgan fingerprint density at radius 1 is 0.214 bits per heavy atom. The summed E-state index contributed by atoms with van der Waals surface area (Å²) in [5.74, 6) is 0. The average molecular weight is 598 g/mol. The molecular weight excluding hydrogens is 567 g/mol. The second-order valence-electron chi connectivity index (χ2n) is 10.1. The lowest BCUT2D eigenvalue weighted by Crippen LogP contribution is -2.24. The van der Waals surface area contributed by atoms with E-state index in [9.17, 15) is 0 Å². The van der Waals surface area contributed by atoms with E-state index in [2.05, 4.69) is 182 Å². The van der Waals surface area contributed by atoms with Gasteiger partial charge in [-0.15, -0.1) is 0 Å². The normalized spacial score (nSPS) is 16.3. The van der Waals surface area contributed by atoms with Crippen LogP contribution in [0.4, 0.5) is 0 Å². The standard InChI is InChI=1S/C36H30N3P3/c1-7-19-31(20-8-1)40(32-21-9-2-10-22-32)37-41(33-23-11-3-12-24-33,34-25-13-4-14-26-34)39-42(38-40,35-27-15-5-16-28-35)36-29-17-6-18-30-36/h1-30H. The fraction of sp³-hybridized carbons (Fsp3) is 0. The van der Waals surface area contributed by atoms with Crippen LogP contribution in [0.15, 0.2) is 196 Å². The van der Waals surface area contributed by atoms with Crippen LogP contribution in [0.5, 0.6) is 0 Å². The zero-order chi connectivity index (χ0) is 28.3. The van der Waals surface area contributed by atoms with Gasteiger partial charge in [0.2, 0.25) is 0 Å². The summed E-state index contributed by atoms with van der Waals surface area (Å²) in [6.45, 7) is 0. The van der Waals surface area contributed by atoms with E-state index in [-0.39, 0.29) is 0 Å². The molecule has 1 heterocycles. The van der Waals surface area contributed by atoms with Crippen molar-refractivity contribution in [2.24, 2.45) is 13.5 Å². The summed E-state index contributed by atoms with van der Waals surface area (Å²) in [7, 11) is -8.23. The van der Waals surface area contributed by atoms with Gasteiger partial charge in [-0.3, -0.25) is 0 Å². The van der Waals surface area contributed by atoms with Gasteiger partial charge in [-0.05, 0) is 0 Å². The van der Waals surface area contributed by atoms with Crippen molar-refractivity contribution in [3.8, 4) is 0 Å². The van der Waals surface area contributed by atoms with E-state index in [1.54, 1.807) is 0 Å². The summed E-state index contributed by atoms with van der Waals surface area (Å²) in [4.78, 5) is 0. The van der Waals surface area contributed by atoms with E-state index in [1.807, 2.05) is 0 Å². The second-order valence-corrected chi connectivity index (χ2v) is 18.9. The highest BCUT2D eigenvalue weighted by Crippen LogP contribution is 2.76. The van der Waals surface area contributed by atoms with Crippen molar-refractivity contribution in [1.29, 1.82) is 0 Å². The molecule has 1 aliphatic rings. The molecule has 7 rings (SSSR count). The molecule has 0 amide bonds. The summed E-state index contributed by atoms with van der Waals surface area (Å²) in [5.41, 5.74) is 0. The van der Waals surface area contributed by atoms with Crippen molar-refractivity contribution in [2.45, 2.75) is 0 Å². The van der Waals surface area contributed by atoms with Gasteiger partial charge in [-0.1, -0.05) is 182 Å². The maximum atomic E-state index is 6.09. The topological polar surface area (TPSA) is 37.1 Å². The van der Waals surface area contributed by atoms with Crippen molar-refractivity contribution >= 4 is 53.4 Å². The van der Waals surface area contributed by atoms with E-state index < -0.39 is 21.6 Å². The molecule has 6 aromatic rings. The quantitative estimate of drug-likeness (QED) is 0.173. The van der Waals surface area contributed by atoms with Gasteiger partial charge in [0.1, 0.15) is 21.6 Å². The molecule has 0 unspecified atom stereocenters. The van der Waals surface area contributed by atoms with Crippen molar-refractivity contribution in [1.82, 2.24) is 0 Å². The third-order valence-electron chi connectivity index (χ3n) is 7.47. The van der Waals surface area contributed by atoms with Crippen LogP contribution >= 0.6 is 21.6 Å². The summed E-state index contributed by atoms with van der Waals surface area (Å²) >= 11 is 0. The largest absolute Gasteiger partial charge is 0.223 e. The molecule has 0 aromatic heterocycles. The number of hydrogen-bond acceptors (Lipinski definition) is 3. The van der Waals surface area contributed by atoms with Crippen LogP contribution in [0.25, 0.3) is 0 Å². The van der Waals surface area contributed by atoms with Crippen LogP contribution < -0.4 is 31.8 Å². The predicted octanol–water partition coefficient (Wildman–Crippen LogP) is 8.30. The van der Waals surface area contributed by atoms with E-state index in [0.717, 1.165) is 31.8 Å². The van der Waals surface area contributed by atoms with Gasteiger partial charge in [-0.25, -0.2) is 13.5 Å². The summed E-state index contributed by atoms with van der Waals surface area (Å²) in [6.07, 6.45) is 0. The maximum absolute atomic E-state index is 6.09. The monoisotopic (exact) mass is 597 g/mol. The molecule has 0 saturated carbocycles. The molecule has 1 aliphatic heterocycles.